The second kappa shape index (κ2) is 9.99. The molecule has 174 valence electrons. The molecule has 7 heteroatoms. The molecule has 5 rings (SSSR count). The maximum atomic E-state index is 11.8. The summed E-state index contributed by atoms with van der Waals surface area (Å²) >= 11 is 6.06. The Balaban J connectivity index is 1.38. The summed E-state index contributed by atoms with van der Waals surface area (Å²) < 4.78 is 13.1. The predicted molar refractivity (Wildman–Crippen MR) is 136 cm³/mol. The molecule has 0 aliphatic carbocycles. The van der Waals surface area contributed by atoms with Gasteiger partial charge in [0.2, 0.25) is 5.88 Å². The fraction of sp³-hybridized carbons (Fsp3) is 0.107. The standard InChI is InChI=1S/C28H22ClN3O3/c1-2-28(33)35-27-17-26(20-7-10-21(29)11-8-20)32(31-27)23-13-15-24(16-14-23)34-18-22-12-9-19-5-3-4-6-25(19)30-22/h3-17H,2,18H2,1H3. The smallest absolute Gasteiger partial charge is 0.312 e. The fourth-order valence-corrected chi connectivity index (χ4v) is 3.78. The van der Waals surface area contributed by atoms with E-state index in [2.05, 4.69) is 10.1 Å². The second-order valence-electron chi connectivity index (χ2n) is 7.89. The van der Waals surface area contributed by atoms with E-state index >= 15 is 0 Å². The first kappa shape index (κ1) is 22.6. The van der Waals surface area contributed by atoms with Gasteiger partial charge in [-0.3, -0.25) is 4.79 Å². The summed E-state index contributed by atoms with van der Waals surface area (Å²) in [5.74, 6) is 0.606. The molecule has 0 radical (unpaired) electrons. The van der Waals surface area contributed by atoms with Crippen LogP contribution in [0.25, 0.3) is 27.8 Å². The Kier molecular flexibility index (Phi) is 6.46. The highest BCUT2D eigenvalue weighted by Gasteiger charge is 2.15. The van der Waals surface area contributed by atoms with Crippen molar-refractivity contribution in [1.29, 1.82) is 0 Å². The van der Waals surface area contributed by atoms with Crippen molar-refractivity contribution in [1.82, 2.24) is 14.8 Å². The largest absolute Gasteiger partial charge is 0.487 e. The van der Waals surface area contributed by atoms with E-state index in [4.69, 9.17) is 21.1 Å². The Morgan fingerprint density at radius 2 is 1.71 bits per heavy atom. The summed E-state index contributed by atoms with van der Waals surface area (Å²) in [6, 6.07) is 28.7. The number of hydrogen-bond acceptors (Lipinski definition) is 5. The van der Waals surface area contributed by atoms with Gasteiger partial charge in [-0.1, -0.05) is 54.9 Å². The van der Waals surface area contributed by atoms with Gasteiger partial charge in [-0.2, -0.15) is 0 Å². The molecule has 0 atom stereocenters. The number of benzene rings is 3. The quantitative estimate of drug-likeness (QED) is 0.243. The summed E-state index contributed by atoms with van der Waals surface area (Å²) in [5, 5.41) is 6.25. The lowest BCUT2D eigenvalue weighted by Crippen LogP contribution is -2.06. The van der Waals surface area contributed by atoms with E-state index in [0.29, 0.717) is 17.4 Å². The van der Waals surface area contributed by atoms with Gasteiger partial charge in [0.15, 0.2) is 0 Å². The Bertz CT molecular complexity index is 1480. The Morgan fingerprint density at radius 3 is 2.49 bits per heavy atom. The van der Waals surface area contributed by atoms with Crippen molar-refractivity contribution in [3.05, 3.63) is 102 Å². The van der Waals surface area contributed by atoms with Crippen molar-refractivity contribution < 1.29 is 14.3 Å². The zero-order chi connectivity index (χ0) is 24.2. The fourth-order valence-electron chi connectivity index (χ4n) is 3.65. The molecule has 0 aliphatic heterocycles. The highest BCUT2D eigenvalue weighted by atomic mass is 35.5. The van der Waals surface area contributed by atoms with Gasteiger partial charge in [0.05, 0.1) is 22.6 Å². The zero-order valence-electron chi connectivity index (χ0n) is 19.0. The number of para-hydroxylation sites is 1. The molecule has 0 aliphatic rings. The summed E-state index contributed by atoms with van der Waals surface area (Å²) in [5.41, 5.74) is 4.26. The number of fused-ring (bicyclic) bond motifs is 1. The van der Waals surface area contributed by atoms with Crippen LogP contribution in [0.15, 0.2) is 91.0 Å². The Labute approximate surface area is 207 Å². The molecular weight excluding hydrogens is 462 g/mol. The molecule has 0 unspecified atom stereocenters. The van der Waals surface area contributed by atoms with E-state index in [1.165, 1.54) is 0 Å². The topological polar surface area (TPSA) is 66.2 Å². The summed E-state index contributed by atoms with van der Waals surface area (Å²) in [7, 11) is 0. The van der Waals surface area contributed by atoms with Crippen molar-refractivity contribution in [2.45, 2.75) is 20.0 Å². The van der Waals surface area contributed by atoms with Crippen molar-refractivity contribution in [3.63, 3.8) is 0 Å². The summed E-state index contributed by atoms with van der Waals surface area (Å²) in [4.78, 5) is 16.5. The summed E-state index contributed by atoms with van der Waals surface area (Å²) in [6.45, 7) is 2.10. The number of hydrogen-bond donors (Lipinski definition) is 0. The van der Waals surface area contributed by atoms with Crippen LogP contribution in [0.1, 0.15) is 19.0 Å². The van der Waals surface area contributed by atoms with Crippen LogP contribution in [-0.4, -0.2) is 20.7 Å². The molecule has 2 aromatic heterocycles. The average Bonchev–Trinajstić information content (AvgIpc) is 3.31. The van der Waals surface area contributed by atoms with Gasteiger partial charge in [-0.05, 0) is 48.5 Å². The number of ether oxygens (including phenoxy) is 2. The minimum Gasteiger partial charge on any atom is -0.487 e. The Hall–Kier alpha value is -4.16. The first-order valence-corrected chi connectivity index (χ1v) is 11.6. The van der Waals surface area contributed by atoms with E-state index < -0.39 is 0 Å². The van der Waals surface area contributed by atoms with Gasteiger partial charge >= 0.3 is 5.97 Å². The van der Waals surface area contributed by atoms with Crippen LogP contribution in [0, 0.1) is 0 Å². The van der Waals surface area contributed by atoms with E-state index in [9.17, 15) is 4.79 Å². The lowest BCUT2D eigenvalue weighted by molar-refractivity contribution is -0.134. The Morgan fingerprint density at radius 1 is 0.943 bits per heavy atom. The maximum absolute atomic E-state index is 11.8. The van der Waals surface area contributed by atoms with Crippen molar-refractivity contribution >= 4 is 28.5 Å². The van der Waals surface area contributed by atoms with Crippen LogP contribution in [0.3, 0.4) is 0 Å². The number of pyridine rings is 1. The number of halogens is 1. The third kappa shape index (κ3) is 5.18. The van der Waals surface area contributed by atoms with Gasteiger partial charge in [-0.25, -0.2) is 9.67 Å². The number of carbonyl (C=O) groups is 1. The number of esters is 1. The molecule has 0 fully saturated rings. The molecule has 0 bridgehead atoms. The molecule has 5 aromatic rings. The zero-order valence-corrected chi connectivity index (χ0v) is 19.8. The lowest BCUT2D eigenvalue weighted by atomic mass is 10.1. The second-order valence-corrected chi connectivity index (χ2v) is 8.33. The molecule has 0 saturated heterocycles. The van der Waals surface area contributed by atoms with Gasteiger partial charge in [0.25, 0.3) is 0 Å². The molecule has 2 heterocycles. The van der Waals surface area contributed by atoms with E-state index in [1.807, 2.05) is 84.9 Å². The van der Waals surface area contributed by atoms with Crippen LogP contribution < -0.4 is 9.47 Å². The number of nitrogens with zero attached hydrogens (tertiary/aromatic N) is 3. The van der Waals surface area contributed by atoms with Crippen LogP contribution in [0.2, 0.25) is 5.02 Å². The monoisotopic (exact) mass is 483 g/mol. The van der Waals surface area contributed by atoms with E-state index in [-0.39, 0.29) is 18.3 Å². The predicted octanol–water partition coefficient (Wildman–Crippen LogP) is 6.64. The number of carbonyl (C=O) groups excluding carboxylic acids is 1. The van der Waals surface area contributed by atoms with Crippen LogP contribution in [0.5, 0.6) is 11.6 Å². The summed E-state index contributed by atoms with van der Waals surface area (Å²) in [6.07, 6.45) is 0.265. The van der Waals surface area contributed by atoms with Gasteiger partial charge in [0.1, 0.15) is 12.4 Å². The van der Waals surface area contributed by atoms with E-state index in [0.717, 1.165) is 33.5 Å². The van der Waals surface area contributed by atoms with Gasteiger partial charge < -0.3 is 9.47 Å². The molecule has 6 nitrogen and oxygen atoms in total. The van der Waals surface area contributed by atoms with Crippen molar-refractivity contribution in [2.24, 2.45) is 0 Å². The highest BCUT2D eigenvalue weighted by Crippen LogP contribution is 2.29. The maximum Gasteiger partial charge on any atom is 0.312 e. The first-order valence-electron chi connectivity index (χ1n) is 11.2. The lowest BCUT2D eigenvalue weighted by Gasteiger charge is -2.10. The van der Waals surface area contributed by atoms with Crippen LogP contribution >= 0.6 is 11.6 Å². The van der Waals surface area contributed by atoms with Gasteiger partial charge in [0, 0.05) is 28.5 Å². The van der Waals surface area contributed by atoms with Gasteiger partial charge in [-0.15, -0.1) is 5.10 Å². The van der Waals surface area contributed by atoms with E-state index in [1.54, 1.807) is 17.7 Å². The van der Waals surface area contributed by atoms with Crippen molar-refractivity contribution in [3.8, 4) is 28.6 Å². The number of rotatable bonds is 7. The molecule has 35 heavy (non-hydrogen) atoms. The SMILES string of the molecule is CCC(=O)Oc1cc(-c2ccc(Cl)cc2)n(-c2ccc(OCc3ccc4ccccc4n3)cc2)n1. The molecule has 0 spiro atoms. The average molecular weight is 484 g/mol. The molecule has 0 N–H and O–H groups in total. The van der Waals surface area contributed by atoms with Crippen molar-refractivity contribution in [2.75, 3.05) is 0 Å². The minimum absolute atomic E-state index is 0.240. The third-order valence-corrected chi connectivity index (χ3v) is 5.71. The highest BCUT2D eigenvalue weighted by molar-refractivity contribution is 6.30. The first-order chi connectivity index (χ1) is 17.1. The molecule has 0 saturated carbocycles. The normalized spacial score (nSPS) is 10.9. The molecular formula is C28H22ClN3O3. The van der Waals surface area contributed by atoms with Crippen LogP contribution in [-0.2, 0) is 11.4 Å². The molecule has 3 aromatic carbocycles. The van der Waals surface area contributed by atoms with Crippen LogP contribution in [0.4, 0.5) is 0 Å². The third-order valence-electron chi connectivity index (χ3n) is 5.46. The molecule has 0 amide bonds. The minimum atomic E-state index is -0.344. The number of aromatic nitrogens is 3.